The van der Waals surface area contributed by atoms with Crippen molar-refractivity contribution in [2.75, 3.05) is 5.75 Å². The number of carboxylic acids is 1. The van der Waals surface area contributed by atoms with E-state index in [1.807, 2.05) is 0 Å². The van der Waals surface area contributed by atoms with Gasteiger partial charge in [-0.25, -0.2) is 0 Å². The standard InChI is InChI=1S/C8H14O2S/c1-6(2)11-5-8(3-4-8)7(9)10/h6H,3-5H2,1-2H3,(H,9,10). The normalized spacial score (nSPS) is 20.3. The SMILES string of the molecule is CC(C)SCC1(C(=O)O)CC1. The van der Waals surface area contributed by atoms with E-state index < -0.39 is 5.97 Å². The van der Waals surface area contributed by atoms with Gasteiger partial charge in [0, 0.05) is 5.75 Å². The van der Waals surface area contributed by atoms with Crippen LogP contribution < -0.4 is 0 Å². The lowest BCUT2D eigenvalue weighted by atomic mass is 10.1. The quantitative estimate of drug-likeness (QED) is 0.708. The molecule has 1 saturated carbocycles. The van der Waals surface area contributed by atoms with Crippen molar-refractivity contribution in [3.63, 3.8) is 0 Å². The third-order valence-electron chi connectivity index (χ3n) is 2.00. The number of hydrogen-bond donors (Lipinski definition) is 1. The first-order valence-corrected chi connectivity index (χ1v) is 4.97. The Morgan fingerprint density at radius 1 is 1.64 bits per heavy atom. The van der Waals surface area contributed by atoms with Gasteiger partial charge in [-0.3, -0.25) is 4.79 Å². The molecular formula is C8H14O2S. The topological polar surface area (TPSA) is 37.3 Å². The molecule has 2 nitrogen and oxygen atoms in total. The first kappa shape index (κ1) is 8.91. The van der Waals surface area contributed by atoms with Crippen LogP contribution >= 0.6 is 11.8 Å². The molecule has 0 radical (unpaired) electrons. The Morgan fingerprint density at radius 2 is 2.18 bits per heavy atom. The smallest absolute Gasteiger partial charge is 0.310 e. The Hall–Kier alpha value is -0.180. The van der Waals surface area contributed by atoms with Gasteiger partial charge in [-0.15, -0.1) is 0 Å². The van der Waals surface area contributed by atoms with Crippen molar-refractivity contribution in [1.29, 1.82) is 0 Å². The largest absolute Gasteiger partial charge is 0.481 e. The third kappa shape index (κ3) is 2.12. The van der Waals surface area contributed by atoms with Gasteiger partial charge >= 0.3 is 5.97 Å². The van der Waals surface area contributed by atoms with Crippen molar-refractivity contribution in [1.82, 2.24) is 0 Å². The molecule has 0 unspecified atom stereocenters. The van der Waals surface area contributed by atoms with E-state index in [0.29, 0.717) is 5.25 Å². The number of carboxylic acid groups (broad SMARTS) is 1. The lowest BCUT2D eigenvalue weighted by Gasteiger charge is -2.10. The zero-order chi connectivity index (χ0) is 8.48. The van der Waals surface area contributed by atoms with Crippen LogP contribution in [0.15, 0.2) is 0 Å². The molecule has 0 aromatic heterocycles. The van der Waals surface area contributed by atoms with E-state index in [1.165, 1.54) is 0 Å². The van der Waals surface area contributed by atoms with Crippen LogP contribution in [0.25, 0.3) is 0 Å². The van der Waals surface area contributed by atoms with Gasteiger partial charge in [0.1, 0.15) is 0 Å². The van der Waals surface area contributed by atoms with E-state index in [-0.39, 0.29) is 5.41 Å². The molecule has 1 aliphatic carbocycles. The Bertz CT molecular complexity index is 161. The molecule has 1 aliphatic rings. The van der Waals surface area contributed by atoms with E-state index >= 15 is 0 Å². The predicted molar refractivity (Wildman–Crippen MR) is 46.9 cm³/mol. The van der Waals surface area contributed by atoms with Gasteiger partial charge < -0.3 is 5.11 Å². The summed E-state index contributed by atoms with van der Waals surface area (Å²) < 4.78 is 0. The van der Waals surface area contributed by atoms with Gasteiger partial charge in [0.2, 0.25) is 0 Å². The van der Waals surface area contributed by atoms with E-state index in [9.17, 15) is 4.79 Å². The summed E-state index contributed by atoms with van der Waals surface area (Å²) in [6, 6.07) is 0. The number of aliphatic carboxylic acids is 1. The van der Waals surface area contributed by atoms with E-state index in [2.05, 4.69) is 13.8 Å². The molecular weight excluding hydrogens is 160 g/mol. The molecule has 0 heterocycles. The van der Waals surface area contributed by atoms with Crippen molar-refractivity contribution < 1.29 is 9.90 Å². The highest BCUT2D eigenvalue weighted by Gasteiger charge is 2.49. The minimum atomic E-state index is -0.606. The van der Waals surface area contributed by atoms with Gasteiger partial charge in [0.25, 0.3) is 0 Å². The summed E-state index contributed by atoms with van der Waals surface area (Å²) in [7, 11) is 0. The third-order valence-corrected chi connectivity index (χ3v) is 3.39. The molecule has 3 heteroatoms. The van der Waals surface area contributed by atoms with Gasteiger partial charge in [-0.1, -0.05) is 13.8 Å². The molecule has 64 valence electrons. The highest BCUT2D eigenvalue weighted by Crippen LogP contribution is 2.48. The maximum Gasteiger partial charge on any atom is 0.310 e. The van der Waals surface area contributed by atoms with Crippen molar-refractivity contribution >= 4 is 17.7 Å². The van der Waals surface area contributed by atoms with Gasteiger partial charge in [-0.05, 0) is 18.1 Å². The molecule has 1 N–H and O–H groups in total. The average Bonchev–Trinajstić information content (AvgIpc) is 2.63. The van der Waals surface area contributed by atoms with Crippen LogP contribution in [0, 0.1) is 5.41 Å². The summed E-state index contributed by atoms with van der Waals surface area (Å²) >= 11 is 1.75. The van der Waals surface area contributed by atoms with E-state index in [1.54, 1.807) is 11.8 Å². The molecule has 0 saturated heterocycles. The minimum Gasteiger partial charge on any atom is -0.481 e. The Labute approximate surface area is 71.4 Å². The molecule has 0 spiro atoms. The second kappa shape index (κ2) is 3.05. The lowest BCUT2D eigenvalue weighted by molar-refractivity contribution is -0.142. The van der Waals surface area contributed by atoms with E-state index in [0.717, 1.165) is 18.6 Å². The van der Waals surface area contributed by atoms with Crippen LogP contribution in [0.5, 0.6) is 0 Å². The molecule has 0 aromatic carbocycles. The van der Waals surface area contributed by atoms with Gasteiger partial charge in [0.15, 0.2) is 0 Å². The first-order chi connectivity index (χ1) is 5.07. The molecule has 0 atom stereocenters. The summed E-state index contributed by atoms with van der Waals surface area (Å²) in [5.41, 5.74) is -0.338. The Kier molecular flexibility index (Phi) is 2.47. The fourth-order valence-electron chi connectivity index (χ4n) is 0.897. The van der Waals surface area contributed by atoms with Crippen molar-refractivity contribution in [3.8, 4) is 0 Å². The number of carbonyl (C=O) groups is 1. The average molecular weight is 174 g/mol. The highest BCUT2D eigenvalue weighted by molar-refractivity contribution is 7.99. The summed E-state index contributed by atoms with van der Waals surface area (Å²) in [4.78, 5) is 10.7. The zero-order valence-electron chi connectivity index (χ0n) is 6.96. The highest BCUT2D eigenvalue weighted by atomic mass is 32.2. The van der Waals surface area contributed by atoms with Crippen molar-refractivity contribution in [2.45, 2.75) is 31.9 Å². The molecule has 0 aromatic rings. The number of thioether (sulfide) groups is 1. The first-order valence-electron chi connectivity index (χ1n) is 3.92. The molecule has 11 heavy (non-hydrogen) atoms. The van der Waals surface area contributed by atoms with Crippen molar-refractivity contribution in [3.05, 3.63) is 0 Å². The van der Waals surface area contributed by atoms with Crippen LogP contribution in [0.3, 0.4) is 0 Å². The number of hydrogen-bond acceptors (Lipinski definition) is 2. The van der Waals surface area contributed by atoms with Crippen LogP contribution in [-0.4, -0.2) is 22.1 Å². The lowest BCUT2D eigenvalue weighted by Crippen LogP contribution is -2.18. The molecule has 1 rings (SSSR count). The Morgan fingerprint density at radius 3 is 2.45 bits per heavy atom. The summed E-state index contributed by atoms with van der Waals surface area (Å²) in [5.74, 6) is 0.186. The maximum absolute atomic E-state index is 10.7. The van der Waals surface area contributed by atoms with Crippen LogP contribution in [0.4, 0.5) is 0 Å². The van der Waals surface area contributed by atoms with Crippen LogP contribution in [0.1, 0.15) is 26.7 Å². The summed E-state index contributed by atoms with van der Waals surface area (Å²) in [6.45, 7) is 4.20. The Balaban J connectivity index is 2.31. The summed E-state index contributed by atoms with van der Waals surface area (Å²) in [6.07, 6.45) is 1.75. The van der Waals surface area contributed by atoms with Gasteiger partial charge in [-0.2, -0.15) is 11.8 Å². The van der Waals surface area contributed by atoms with Crippen LogP contribution in [-0.2, 0) is 4.79 Å². The second-order valence-corrected chi connectivity index (χ2v) is 5.01. The molecule has 1 fully saturated rings. The predicted octanol–water partition coefficient (Wildman–Crippen LogP) is 1.99. The zero-order valence-corrected chi connectivity index (χ0v) is 7.78. The van der Waals surface area contributed by atoms with Crippen LogP contribution in [0.2, 0.25) is 0 Å². The second-order valence-electron chi connectivity index (χ2n) is 3.45. The summed E-state index contributed by atoms with van der Waals surface area (Å²) in [5, 5.41) is 9.35. The number of rotatable bonds is 4. The molecule has 0 amide bonds. The molecule has 0 aliphatic heterocycles. The van der Waals surface area contributed by atoms with Gasteiger partial charge in [0.05, 0.1) is 5.41 Å². The van der Waals surface area contributed by atoms with E-state index in [4.69, 9.17) is 5.11 Å². The fourth-order valence-corrected chi connectivity index (χ4v) is 1.96. The molecule has 0 bridgehead atoms. The van der Waals surface area contributed by atoms with Crippen molar-refractivity contribution in [2.24, 2.45) is 5.41 Å². The fraction of sp³-hybridized carbons (Fsp3) is 0.875. The monoisotopic (exact) mass is 174 g/mol. The minimum absolute atomic E-state index is 0.338. The maximum atomic E-state index is 10.7.